The fraction of sp³-hybridized carbons (Fsp3) is 0.0556. The van der Waals surface area contributed by atoms with Gasteiger partial charge >= 0.3 is 0 Å². The Morgan fingerprint density at radius 1 is 1.12 bits per heavy atom. The molecule has 1 N–H and O–H groups in total. The predicted octanol–water partition coefficient (Wildman–Crippen LogP) is 2.50. The van der Waals surface area contributed by atoms with Crippen LogP contribution in [-0.4, -0.2) is 31.6 Å². The van der Waals surface area contributed by atoms with Crippen LogP contribution in [0.2, 0.25) is 0 Å². The van der Waals surface area contributed by atoms with Gasteiger partial charge in [0.2, 0.25) is 0 Å². The smallest absolute Gasteiger partial charge is 0.284 e. The zero-order valence-electron chi connectivity index (χ0n) is 13.3. The third-order valence-corrected chi connectivity index (χ3v) is 4.93. The summed E-state index contributed by atoms with van der Waals surface area (Å²) in [6.07, 6.45) is 7.63. The summed E-state index contributed by atoms with van der Waals surface area (Å²) in [5, 5.41) is 6.47. The number of H-pyrrole nitrogens is 1. The summed E-state index contributed by atoms with van der Waals surface area (Å²) in [5.74, 6) is 5.21. The number of carbonyl (C=O) groups is 1. The number of amides is 1. The van der Waals surface area contributed by atoms with Gasteiger partial charge < -0.3 is 0 Å². The van der Waals surface area contributed by atoms with Gasteiger partial charge in [0.15, 0.2) is 0 Å². The average Bonchev–Trinajstić information content (AvgIpc) is 3.14. The summed E-state index contributed by atoms with van der Waals surface area (Å²) in [5.41, 5.74) is 1.52. The summed E-state index contributed by atoms with van der Waals surface area (Å²) >= 11 is 0. The maximum atomic E-state index is 12.7. The SMILES string of the molecule is CS(=O)(=NC(=O)c1cncc(C#Cc2cn[nH]c2)c1)c1ccccc1. The number of carbonyl (C=O) groups excluding carboxylic acids is 1. The van der Waals surface area contributed by atoms with E-state index in [4.69, 9.17) is 0 Å². The first-order valence-electron chi connectivity index (χ1n) is 7.32. The lowest BCUT2D eigenvalue weighted by molar-refractivity contribution is 0.100. The minimum absolute atomic E-state index is 0.240. The van der Waals surface area contributed by atoms with Gasteiger partial charge in [0.25, 0.3) is 5.91 Å². The molecule has 0 spiro atoms. The molecule has 0 bridgehead atoms. The second-order valence-electron chi connectivity index (χ2n) is 5.21. The number of aromatic nitrogens is 3. The Morgan fingerprint density at radius 3 is 2.60 bits per heavy atom. The topological polar surface area (TPSA) is 88.1 Å². The number of hydrogen-bond acceptors (Lipinski definition) is 4. The van der Waals surface area contributed by atoms with Crippen molar-refractivity contribution in [2.24, 2.45) is 4.36 Å². The van der Waals surface area contributed by atoms with Crippen molar-refractivity contribution in [2.75, 3.05) is 6.26 Å². The van der Waals surface area contributed by atoms with E-state index in [1.54, 1.807) is 48.9 Å². The molecule has 1 amide bonds. The molecule has 0 aliphatic heterocycles. The molecule has 0 aliphatic rings. The van der Waals surface area contributed by atoms with E-state index in [0.717, 1.165) is 5.56 Å². The molecule has 1 atom stereocenters. The first kappa shape index (κ1) is 16.6. The van der Waals surface area contributed by atoms with Crippen molar-refractivity contribution >= 4 is 15.6 Å². The molecule has 0 saturated carbocycles. The van der Waals surface area contributed by atoms with Crippen LogP contribution < -0.4 is 0 Å². The van der Waals surface area contributed by atoms with E-state index >= 15 is 0 Å². The number of nitrogens with zero attached hydrogens (tertiary/aromatic N) is 3. The first-order valence-corrected chi connectivity index (χ1v) is 9.24. The Labute approximate surface area is 145 Å². The lowest BCUT2D eigenvalue weighted by atomic mass is 10.2. The van der Waals surface area contributed by atoms with E-state index in [2.05, 4.69) is 31.4 Å². The molecule has 2 heterocycles. The van der Waals surface area contributed by atoms with Gasteiger partial charge in [-0.3, -0.25) is 14.9 Å². The highest BCUT2D eigenvalue weighted by Crippen LogP contribution is 2.13. The summed E-state index contributed by atoms with van der Waals surface area (Å²) in [7, 11) is -2.82. The molecule has 124 valence electrons. The molecule has 3 rings (SSSR count). The van der Waals surface area contributed by atoms with E-state index in [0.29, 0.717) is 10.5 Å². The van der Waals surface area contributed by atoms with Crippen LogP contribution in [0, 0.1) is 11.8 Å². The van der Waals surface area contributed by atoms with E-state index in [1.807, 2.05) is 6.07 Å². The van der Waals surface area contributed by atoms with Crippen LogP contribution in [0.3, 0.4) is 0 Å². The van der Waals surface area contributed by atoms with Crippen LogP contribution in [0.25, 0.3) is 0 Å². The Balaban J connectivity index is 1.89. The fourth-order valence-corrected chi connectivity index (χ4v) is 3.21. The van der Waals surface area contributed by atoms with Gasteiger partial charge in [-0.25, -0.2) is 4.21 Å². The van der Waals surface area contributed by atoms with Gasteiger partial charge in [0, 0.05) is 35.3 Å². The highest BCUT2D eigenvalue weighted by molar-refractivity contribution is 7.93. The molecule has 3 aromatic rings. The third-order valence-electron chi connectivity index (χ3n) is 3.27. The normalized spacial score (nSPS) is 12.5. The largest absolute Gasteiger partial charge is 0.286 e. The zero-order chi connectivity index (χ0) is 17.7. The summed E-state index contributed by atoms with van der Waals surface area (Å²) in [6.45, 7) is 0. The predicted molar refractivity (Wildman–Crippen MR) is 94.3 cm³/mol. The maximum Gasteiger partial charge on any atom is 0.286 e. The fourth-order valence-electron chi connectivity index (χ4n) is 2.03. The zero-order valence-corrected chi connectivity index (χ0v) is 14.2. The molecular weight excluding hydrogens is 336 g/mol. The van der Waals surface area contributed by atoms with Crippen molar-refractivity contribution in [3.63, 3.8) is 0 Å². The Bertz CT molecular complexity index is 1070. The van der Waals surface area contributed by atoms with Gasteiger partial charge in [-0.2, -0.15) is 9.46 Å². The van der Waals surface area contributed by atoms with Gasteiger partial charge in [-0.15, -0.1) is 0 Å². The Morgan fingerprint density at radius 2 is 1.88 bits per heavy atom. The van der Waals surface area contributed by atoms with Gasteiger partial charge in [-0.1, -0.05) is 30.0 Å². The quantitative estimate of drug-likeness (QED) is 0.719. The van der Waals surface area contributed by atoms with Gasteiger partial charge in [0.1, 0.15) is 0 Å². The molecule has 6 nitrogen and oxygen atoms in total. The molecule has 1 unspecified atom stereocenters. The molecule has 0 radical (unpaired) electrons. The molecule has 0 aliphatic carbocycles. The van der Waals surface area contributed by atoms with Crippen LogP contribution in [0.5, 0.6) is 0 Å². The van der Waals surface area contributed by atoms with E-state index in [1.165, 1.54) is 12.5 Å². The van der Waals surface area contributed by atoms with Crippen LogP contribution in [0.15, 0.2) is 70.4 Å². The molecular formula is C18H14N4O2S. The highest BCUT2D eigenvalue weighted by Gasteiger charge is 2.11. The number of pyridine rings is 1. The Hall–Kier alpha value is -3.24. The van der Waals surface area contributed by atoms with Crippen LogP contribution in [0.4, 0.5) is 0 Å². The number of benzene rings is 1. The number of aromatic amines is 1. The van der Waals surface area contributed by atoms with E-state index in [-0.39, 0.29) is 5.56 Å². The van der Waals surface area contributed by atoms with Crippen molar-refractivity contribution in [2.45, 2.75) is 4.90 Å². The summed E-state index contributed by atoms with van der Waals surface area (Å²) < 4.78 is 16.6. The van der Waals surface area contributed by atoms with Gasteiger partial charge in [-0.05, 0) is 18.2 Å². The van der Waals surface area contributed by atoms with Crippen molar-refractivity contribution in [1.29, 1.82) is 0 Å². The third kappa shape index (κ3) is 4.19. The standard InChI is InChI=1S/C18H14N4O2S/c1-25(24,17-5-3-2-4-6-17)22-18(23)16-9-14(10-19-13-16)7-8-15-11-20-21-12-15/h2-6,9-13H,1H3,(H,20,21). The van der Waals surface area contributed by atoms with E-state index < -0.39 is 15.6 Å². The molecule has 7 heteroatoms. The van der Waals surface area contributed by atoms with Crippen molar-refractivity contribution in [3.05, 3.63) is 77.9 Å². The summed E-state index contributed by atoms with van der Waals surface area (Å²) in [6, 6.07) is 10.3. The van der Waals surface area contributed by atoms with Gasteiger partial charge in [0.05, 0.1) is 27.1 Å². The molecule has 2 aromatic heterocycles. The summed E-state index contributed by atoms with van der Waals surface area (Å²) in [4.78, 5) is 16.9. The van der Waals surface area contributed by atoms with Crippen molar-refractivity contribution in [3.8, 4) is 11.8 Å². The van der Waals surface area contributed by atoms with Crippen LogP contribution in [-0.2, 0) is 9.73 Å². The molecule has 1 aromatic carbocycles. The minimum atomic E-state index is -2.82. The van der Waals surface area contributed by atoms with Crippen molar-refractivity contribution in [1.82, 2.24) is 15.2 Å². The second kappa shape index (κ2) is 7.11. The Kier molecular flexibility index (Phi) is 4.73. The molecule has 0 fully saturated rings. The number of hydrogen-bond donors (Lipinski definition) is 1. The average molecular weight is 350 g/mol. The lowest BCUT2D eigenvalue weighted by Gasteiger charge is -2.03. The lowest BCUT2D eigenvalue weighted by Crippen LogP contribution is -2.04. The molecule has 0 saturated heterocycles. The highest BCUT2D eigenvalue weighted by atomic mass is 32.2. The number of rotatable bonds is 2. The van der Waals surface area contributed by atoms with Crippen molar-refractivity contribution < 1.29 is 9.00 Å². The van der Waals surface area contributed by atoms with Crippen LogP contribution >= 0.6 is 0 Å². The minimum Gasteiger partial charge on any atom is -0.284 e. The number of nitrogens with one attached hydrogen (secondary N) is 1. The second-order valence-corrected chi connectivity index (χ2v) is 7.47. The first-order chi connectivity index (χ1) is 12.0. The monoisotopic (exact) mass is 350 g/mol. The molecule has 25 heavy (non-hydrogen) atoms. The maximum absolute atomic E-state index is 12.7. The van der Waals surface area contributed by atoms with Crippen LogP contribution in [0.1, 0.15) is 21.5 Å². The van der Waals surface area contributed by atoms with E-state index in [9.17, 15) is 9.00 Å².